The molecule has 32 heavy (non-hydrogen) atoms. The predicted octanol–water partition coefficient (Wildman–Crippen LogP) is 8.87. The highest BCUT2D eigenvalue weighted by molar-refractivity contribution is 5.67. The molecule has 0 atom stereocenters. The van der Waals surface area contributed by atoms with Gasteiger partial charge in [0.2, 0.25) is 0 Å². The van der Waals surface area contributed by atoms with Crippen LogP contribution in [0.25, 0.3) is 0 Å². The Morgan fingerprint density at radius 3 is 1.59 bits per heavy atom. The van der Waals surface area contributed by atoms with Crippen molar-refractivity contribution in [3.63, 3.8) is 0 Å². The molecule has 3 rings (SSSR count). The number of hydrogen-bond acceptors (Lipinski definition) is 2. The van der Waals surface area contributed by atoms with Crippen molar-refractivity contribution in [2.45, 2.75) is 141 Å². The SMILES string of the molecule is CCCCCCCC.O=C(O)CCc1cc(C2CCCCC2)c(O)c(C2CCCCC2)c1. The lowest BCUT2D eigenvalue weighted by Crippen LogP contribution is -2.10. The Morgan fingerprint density at radius 1 is 0.781 bits per heavy atom. The minimum Gasteiger partial charge on any atom is -0.507 e. The molecule has 0 spiro atoms. The van der Waals surface area contributed by atoms with Gasteiger partial charge in [0.15, 0.2) is 0 Å². The fourth-order valence-electron chi connectivity index (χ4n) is 5.44. The normalized spacial score (nSPS) is 17.6. The summed E-state index contributed by atoms with van der Waals surface area (Å²) in [6.45, 7) is 4.51. The highest BCUT2D eigenvalue weighted by atomic mass is 16.4. The van der Waals surface area contributed by atoms with Crippen LogP contribution in [0.2, 0.25) is 0 Å². The Bertz CT molecular complexity index is 609. The molecule has 0 amide bonds. The zero-order chi connectivity index (χ0) is 23.2. The molecule has 0 bridgehead atoms. The number of unbranched alkanes of at least 4 members (excludes halogenated alkanes) is 5. The maximum atomic E-state index is 11.0. The number of carbonyl (C=O) groups is 1. The van der Waals surface area contributed by atoms with Crippen LogP contribution < -0.4 is 0 Å². The van der Waals surface area contributed by atoms with E-state index < -0.39 is 5.97 Å². The molecule has 0 aliphatic heterocycles. The van der Waals surface area contributed by atoms with Gasteiger partial charge in [-0.05, 0) is 60.6 Å². The third-order valence-electron chi connectivity index (χ3n) is 7.40. The molecule has 2 aliphatic carbocycles. The molecule has 3 nitrogen and oxygen atoms in total. The zero-order valence-corrected chi connectivity index (χ0v) is 20.8. The first-order valence-electron chi connectivity index (χ1n) is 13.6. The van der Waals surface area contributed by atoms with E-state index in [0.29, 0.717) is 24.0 Å². The second-order valence-electron chi connectivity index (χ2n) is 10.1. The van der Waals surface area contributed by atoms with E-state index >= 15 is 0 Å². The van der Waals surface area contributed by atoms with Crippen molar-refractivity contribution >= 4 is 5.97 Å². The van der Waals surface area contributed by atoms with Gasteiger partial charge in [-0.2, -0.15) is 0 Å². The van der Waals surface area contributed by atoms with E-state index in [0.717, 1.165) is 42.4 Å². The van der Waals surface area contributed by atoms with Gasteiger partial charge in [-0.3, -0.25) is 4.79 Å². The monoisotopic (exact) mass is 444 g/mol. The number of aryl methyl sites for hydroxylation is 1. The van der Waals surface area contributed by atoms with Crippen LogP contribution in [-0.2, 0) is 11.2 Å². The highest BCUT2D eigenvalue weighted by Gasteiger charge is 2.25. The smallest absolute Gasteiger partial charge is 0.303 e. The van der Waals surface area contributed by atoms with E-state index in [1.54, 1.807) is 0 Å². The van der Waals surface area contributed by atoms with Gasteiger partial charge in [0.25, 0.3) is 0 Å². The van der Waals surface area contributed by atoms with Gasteiger partial charge >= 0.3 is 5.97 Å². The van der Waals surface area contributed by atoms with Crippen LogP contribution >= 0.6 is 0 Å². The largest absolute Gasteiger partial charge is 0.507 e. The van der Waals surface area contributed by atoms with Crippen molar-refractivity contribution in [2.24, 2.45) is 0 Å². The van der Waals surface area contributed by atoms with Crippen LogP contribution in [0.5, 0.6) is 5.75 Å². The first-order chi connectivity index (χ1) is 15.6. The lowest BCUT2D eigenvalue weighted by atomic mass is 9.78. The van der Waals surface area contributed by atoms with Crippen molar-refractivity contribution < 1.29 is 15.0 Å². The first-order valence-corrected chi connectivity index (χ1v) is 13.6. The summed E-state index contributed by atoms with van der Waals surface area (Å²) in [6, 6.07) is 4.20. The van der Waals surface area contributed by atoms with Crippen LogP contribution in [0, 0.1) is 0 Å². The van der Waals surface area contributed by atoms with Crippen molar-refractivity contribution in [3.05, 3.63) is 28.8 Å². The highest BCUT2D eigenvalue weighted by Crippen LogP contribution is 2.44. The lowest BCUT2D eigenvalue weighted by molar-refractivity contribution is -0.136. The van der Waals surface area contributed by atoms with Gasteiger partial charge in [0.05, 0.1) is 0 Å². The molecule has 1 aromatic rings. The maximum Gasteiger partial charge on any atom is 0.303 e. The molecule has 2 aliphatic rings. The molecule has 0 heterocycles. The summed E-state index contributed by atoms with van der Waals surface area (Å²) in [5.41, 5.74) is 3.28. The molecule has 0 unspecified atom stereocenters. The second kappa shape index (κ2) is 15.3. The van der Waals surface area contributed by atoms with E-state index in [2.05, 4.69) is 26.0 Å². The fourth-order valence-corrected chi connectivity index (χ4v) is 5.44. The number of phenols is 1. The minimum atomic E-state index is -0.749. The zero-order valence-electron chi connectivity index (χ0n) is 20.8. The second-order valence-corrected chi connectivity index (χ2v) is 10.1. The van der Waals surface area contributed by atoms with Crippen LogP contribution in [0.1, 0.15) is 152 Å². The number of rotatable bonds is 10. The van der Waals surface area contributed by atoms with Crippen molar-refractivity contribution in [1.82, 2.24) is 0 Å². The summed E-state index contributed by atoms with van der Waals surface area (Å²) in [5.74, 6) is 0.672. The van der Waals surface area contributed by atoms with Gasteiger partial charge in [-0.1, -0.05) is 103 Å². The average molecular weight is 445 g/mol. The lowest BCUT2D eigenvalue weighted by Gasteiger charge is -2.28. The maximum absolute atomic E-state index is 11.0. The van der Waals surface area contributed by atoms with Crippen LogP contribution in [-0.4, -0.2) is 16.2 Å². The molecule has 3 heteroatoms. The number of carboxylic acids is 1. The molecule has 1 aromatic carbocycles. The van der Waals surface area contributed by atoms with Gasteiger partial charge in [0, 0.05) is 6.42 Å². The van der Waals surface area contributed by atoms with Crippen molar-refractivity contribution in [1.29, 1.82) is 0 Å². The first kappa shape index (κ1) is 26.7. The van der Waals surface area contributed by atoms with Crippen LogP contribution in [0.3, 0.4) is 0 Å². The molecule has 2 saturated carbocycles. The number of benzene rings is 1. The minimum absolute atomic E-state index is 0.166. The molecule has 2 fully saturated rings. The number of carboxylic acid groups (broad SMARTS) is 1. The summed E-state index contributed by atoms with van der Waals surface area (Å²) >= 11 is 0. The van der Waals surface area contributed by atoms with Gasteiger partial charge < -0.3 is 10.2 Å². The number of hydrogen-bond donors (Lipinski definition) is 2. The molecule has 0 aromatic heterocycles. The van der Waals surface area contributed by atoms with Gasteiger partial charge in [0.1, 0.15) is 5.75 Å². The van der Waals surface area contributed by atoms with Crippen molar-refractivity contribution in [2.75, 3.05) is 0 Å². The van der Waals surface area contributed by atoms with Gasteiger partial charge in [-0.15, -0.1) is 0 Å². The topological polar surface area (TPSA) is 57.5 Å². The van der Waals surface area contributed by atoms with E-state index in [1.807, 2.05) is 0 Å². The quantitative estimate of drug-likeness (QED) is 0.354. The third-order valence-corrected chi connectivity index (χ3v) is 7.40. The molecule has 0 radical (unpaired) electrons. The van der Waals surface area contributed by atoms with Gasteiger partial charge in [-0.25, -0.2) is 0 Å². The summed E-state index contributed by atoms with van der Waals surface area (Å²) in [4.78, 5) is 11.0. The molecular formula is C29H48O3. The van der Waals surface area contributed by atoms with E-state index in [1.165, 1.54) is 77.0 Å². The van der Waals surface area contributed by atoms with Crippen LogP contribution in [0.15, 0.2) is 12.1 Å². The Morgan fingerprint density at radius 2 is 1.22 bits per heavy atom. The Balaban J connectivity index is 0.000000390. The molecular weight excluding hydrogens is 396 g/mol. The third kappa shape index (κ3) is 9.16. The van der Waals surface area contributed by atoms with E-state index in [4.69, 9.17) is 5.11 Å². The van der Waals surface area contributed by atoms with Crippen molar-refractivity contribution in [3.8, 4) is 5.75 Å². The summed E-state index contributed by atoms with van der Waals surface area (Å²) in [5, 5.41) is 20.0. The fraction of sp³-hybridized carbons (Fsp3) is 0.759. The number of aliphatic carboxylic acids is 1. The predicted molar refractivity (Wildman–Crippen MR) is 135 cm³/mol. The standard InChI is InChI=1S/C21H30O3.C8H18/c22-20(23)12-11-15-13-18(16-7-3-1-4-8-16)21(24)19(14-15)17-9-5-2-6-10-17;1-3-5-7-8-6-4-2/h13-14,16-17,24H,1-12H2,(H,22,23);3-8H2,1-2H3. The van der Waals surface area contributed by atoms with E-state index in [-0.39, 0.29) is 6.42 Å². The molecule has 2 N–H and O–H groups in total. The Hall–Kier alpha value is -1.51. The van der Waals surface area contributed by atoms with E-state index in [9.17, 15) is 9.90 Å². The Labute approximate surface area is 197 Å². The summed E-state index contributed by atoms with van der Waals surface area (Å²) < 4.78 is 0. The summed E-state index contributed by atoms with van der Waals surface area (Å²) in [6.07, 6.45) is 21.4. The van der Waals surface area contributed by atoms with Crippen LogP contribution in [0.4, 0.5) is 0 Å². The molecule has 0 saturated heterocycles. The Kier molecular flexibility index (Phi) is 12.8. The number of aromatic hydroxyl groups is 1. The number of phenolic OH excluding ortho intramolecular Hbond substituents is 1. The molecule has 182 valence electrons. The average Bonchev–Trinajstić information content (AvgIpc) is 2.83. The summed E-state index contributed by atoms with van der Waals surface area (Å²) in [7, 11) is 0.